The Bertz CT molecular complexity index is 1140. The summed E-state index contributed by atoms with van der Waals surface area (Å²) in [5.41, 5.74) is 2.25. The van der Waals surface area contributed by atoms with Gasteiger partial charge in [-0.15, -0.1) is 0 Å². The topological polar surface area (TPSA) is 20.2 Å². The zero-order chi connectivity index (χ0) is 20.9. The minimum atomic E-state index is -0.264. The molecule has 0 bridgehead atoms. The zero-order valence-electron chi connectivity index (χ0n) is 18.1. The first-order valence-corrected chi connectivity index (χ1v) is 12.9. The molecule has 2 heteroatoms. The molecule has 0 fully saturated rings. The van der Waals surface area contributed by atoms with Gasteiger partial charge < -0.3 is 5.11 Å². The molecule has 0 aliphatic rings. The van der Waals surface area contributed by atoms with Crippen LogP contribution in [0.15, 0.2) is 72.8 Å². The molecule has 30 heavy (non-hydrogen) atoms. The molecular formula is C28H31OP. The number of phenolic OH excluding ortho intramolecular Hbond substituents is 1. The minimum absolute atomic E-state index is 0.264. The number of aromatic hydroxyl groups is 1. The maximum absolute atomic E-state index is 11.1. The van der Waals surface area contributed by atoms with Gasteiger partial charge in [0.05, 0.1) is 0 Å². The predicted molar refractivity (Wildman–Crippen MR) is 135 cm³/mol. The largest absolute Gasteiger partial charge is 0.507 e. The van der Waals surface area contributed by atoms with Crippen molar-refractivity contribution in [2.45, 2.75) is 39.5 Å². The number of fused-ring (bicyclic) bond motifs is 2. The van der Waals surface area contributed by atoms with Gasteiger partial charge in [0, 0.05) is 11.1 Å². The molecule has 0 amide bonds. The SMILES string of the molecule is CCCCP(CCCC)c1ccc2ccccc2c1-c1c(O)ccc2ccccc12. The van der Waals surface area contributed by atoms with Gasteiger partial charge in [0.2, 0.25) is 0 Å². The second kappa shape index (κ2) is 9.63. The molecule has 4 aromatic carbocycles. The molecule has 4 rings (SSSR count). The molecule has 0 atom stereocenters. The van der Waals surface area contributed by atoms with Crippen LogP contribution in [0.4, 0.5) is 0 Å². The first kappa shape index (κ1) is 20.9. The van der Waals surface area contributed by atoms with Crippen molar-refractivity contribution in [1.82, 2.24) is 0 Å². The third-order valence-electron chi connectivity index (χ3n) is 5.97. The highest BCUT2D eigenvalue weighted by molar-refractivity contribution is 7.66. The third kappa shape index (κ3) is 4.09. The minimum Gasteiger partial charge on any atom is -0.507 e. The van der Waals surface area contributed by atoms with Gasteiger partial charge in [-0.2, -0.15) is 0 Å². The molecular weight excluding hydrogens is 383 g/mol. The summed E-state index contributed by atoms with van der Waals surface area (Å²) < 4.78 is 0. The molecule has 0 aliphatic heterocycles. The molecule has 1 nitrogen and oxygen atoms in total. The maximum Gasteiger partial charge on any atom is 0.124 e. The third-order valence-corrected chi connectivity index (χ3v) is 8.73. The van der Waals surface area contributed by atoms with Crippen LogP contribution in [0.25, 0.3) is 32.7 Å². The van der Waals surface area contributed by atoms with Crippen molar-refractivity contribution in [3.63, 3.8) is 0 Å². The summed E-state index contributed by atoms with van der Waals surface area (Å²) in [6.07, 6.45) is 7.53. The van der Waals surface area contributed by atoms with E-state index in [1.807, 2.05) is 12.1 Å². The Morgan fingerprint density at radius 2 is 1.17 bits per heavy atom. The second-order valence-electron chi connectivity index (χ2n) is 8.06. The van der Waals surface area contributed by atoms with E-state index in [0.717, 1.165) is 10.9 Å². The van der Waals surface area contributed by atoms with E-state index < -0.39 is 0 Å². The lowest BCUT2D eigenvalue weighted by atomic mass is 9.93. The van der Waals surface area contributed by atoms with Crippen LogP contribution in [0, 0.1) is 0 Å². The van der Waals surface area contributed by atoms with Crippen molar-refractivity contribution < 1.29 is 5.11 Å². The lowest BCUT2D eigenvalue weighted by molar-refractivity contribution is 0.478. The average Bonchev–Trinajstić information content (AvgIpc) is 2.79. The first-order chi connectivity index (χ1) is 14.7. The molecule has 0 spiro atoms. The Morgan fingerprint density at radius 3 is 1.77 bits per heavy atom. The van der Waals surface area contributed by atoms with Gasteiger partial charge in [-0.3, -0.25) is 0 Å². The maximum atomic E-state index is 11.1. The molecule has 0 heterocycles. The van der Waals surface area contributed by atoms with Gasteiger partial charge in [0.25, 0.3) is 0 Å². The lowest BCUT2D eigenvalue weighted by Gasteiger charge is -2.24. The van der Waals surface area contributed by atoms with Crippen LogP contribution in [0.5, 0.6) is 5.75 Å². The van der Waals surface area contributed by atoms with E-state index in [2.05, 4.69) is 74.5 Å². The molecule has 0 aliphatic carbocycles. The van der Waals surface area contributed by atoms with Crippen molar-refractivity contribution in [2.75, 3.05) is 12.3 Å². The van der Waals surface area contributed by atoms with Gasteiger partial charge in [-0.1, -0.05) is 101 Å². The molecule has 0 radical (unpaired) electrons. The Kier molecular flexibility index (Phi) is 6.70. The molecule has 1 N–H and O–H groups in total. The van der Waals surface area contributed by atoms with Gasteiger partial charge in [0.15, 0.2) is 0 Å². The summed E-state index contributed by atoms with van der Waals surface area (Å²) in [5.74, 6) is 0.382. The van der Waals surface area contributed by atoms with Crippen LogP contribution in [0.1, 0.15) is 39.5 Å². The van der Waals surface area contributed by atoms with Crippen LogP contribution >= 0.6 is 7.92 Å². The Labute approximate surface area is 181 Å². The number of phenols is 1. The Balaban J connectivity index is 2.03. The van der Waals surface area contributed by atoms with Gasteiger partial charge >= 0.3 is 0 Å². The fourth-order valence-electron chi connectivity index (χ4n) is 4.36. The number of unbranched alkanes of at least 4 members (excludes halogenated alkanes) is 2. The molecule has 154 valence electrons. The van der Waals surface area contributed by atoms with E-state index in [0.29, 0.717) is 5.75 Å². The van der Waals surface area contributed by atoms with Crippen molar-refractivity contribution in [3.8, 4) is 16.9 Å². The second-order valence-corrected chi connectivity index (χ2v) is 10.5. The predicted octanol–water partition coefficient (Wildman–Crippen LogP) is 8.07. The molecule has 0 saturated heterocycles. The molecule has 0 aromatic heterocycles. The van der Waals surface area contributed by atoms with Crippen LogP contribution < -0.4 is 5.30 Å². The first-order valence-electron chi connectivity index (χ1n) is 11.2. The van der Waals surface area contributed by atoms with Gasteiger partial charge in [-0.25, -0.2) is 0 Å². The summed E-state index contributed by atoms with van der Waals surface area (Å²) in [4.78, 5) is 0. The lowest BCUT2D eigenvalue weighted by Crippen LogP contribution is -2.11. The van der Waals surface area contributed by atoms with Gasteiger partial charge in [0.1, 0.15) is 5.75 Å². The van der Waals surface area contributed by atoms with Crippen LogP contribution in [0.2, 0.25) is 0 Å². The Morgan fingerprint density at radius 1 is 0.633 bits per heavy atom. The number of hydrogen-bond acceptors (Lipinski definition) is 1. The number of rotatable bonds is 8. The normalized spacial score (nSPS) is 11.6. The van der Waals surface area contributed by atoms with Crippen molar-refractivity contribution in [1.29, 1.82) is 0 Å². The molecule has 0 saturated carbocycles. The standard InChI is InChI=1S/C28H31OP/c1-3-5-19-30(20-6-4-2)26-18-16-22-12-8-10-14-24(22)28(26)27-23-13-9-7-11-21(23)15-17-25(27)29/h7-18,29H,3-6,19-20H2,1-2H3. The van der Waals surface area contributed by atoms with E-state index in [1.54, 1.807) is 0 Å². The van der Waals surface area contributed by atoms with Gasteiger partial charge in [-0.05, 0) is 58.1 Å². The van der Waals surface area contributed by atoms with Crippen molar-refractivity contribution >= 4 is 34.8 Å². The van der Waals surface area contributed by atoms with Crippen LogP contribution in [0.3, 0.4) is 0 Å². The smallest absolute Gasteiger partial charge is 0.124 e. The summed E-state index contributed by atoms with van der Waals surface area (Å²) in [5, 5.41) is 17.3. The monoisotopic (exact) mass is 414 g/mol. The van der Waals surface area contributed by atoms with E-state index in [4.69, 9.17) is 0 Å². The van der Waals surface area contributed by atoms with Crippen LogP contribution in [-0.4, -0.2) is 17.4 Å². The fourth-order valence-corrected chi connectivity index (χ4v) is 7.29. The van der Waals surface area contributed by atoms with E-state index in [9.17, 15) is 5.11 Å². The van der Waals surface area contributed by atoms with Crippen LogP contribution in [-0.2, 0) is 0 Å². The van der Waals surface area contributed by atoms with E-state index in [1.165, 1.54) is 65.0 Å². The van der Waals surface area contributed by atoms with E-state index >= 15 is 0 Å². The number of benzene rings is 4. The Hall–Kier alpha value is -2.37. The van der Waals surface area contributed by atoms with Crippen molar-refractivity contribution in [2.24, 2.45) is 0 Å². The molecule has 0 unspecified atom stereocenters. The summed E-state index contributed by atoms with van der Waals surface area (Å²) in [6, 6.07) is 25.6. The quantitative estimate of drug-likeness (QED) is 0.289. The highest BCUT2D eigenvalue weighted by atomic mass is 31.1. The summed E-state index contributed by atoms with van der Waals surface area (Å²) in [6.45, 7) is 4.57. The summed E-state index contributed by atoms with van der Waals surface area (Å²) in [7, 11) is -0.264. The van der Waals surface area contributed by atoms with Crippen molar-refractivity contribution in [3.05, 3.63) is 72.8 Å². The summed E-state index contributed by atoms with van der Waals surface area (Å²) >= 11 is 0. The number of hydrogen-bond donors (Lipinski definition) is 1. The average molecular weight is 415 g/mol. The fraction of sp³-hybridized carbons (Fsp3) is 0.286. The highest BCUT2D eigenvalue weighted by Crippen LogP contribution is 2.46. The highest BCUT2D eigenvalue weighted by Gasteiger charge is 2.21. The zero-order valence-corrected chi connectivity index (χ0v) is 19.0. The van der Waals surface area contributed by atoms with E-state index in [-0.39, 0.29) is 7.92 Å². The molecule has 4 aromatic rings.